The summed E-state index contributed by atoms with van der Waals surface area (Å²) in [6.07, 6.45) is 2.67. The zero-order valence-electron chi connectivity index (χ0n) is 9.45. The highest BCUT2D eigenvalue weighted by Gasteiger charge is 2.20. The molecule has 0 saturated carbocycles. The van der Waals surface area contributed by atoms with Gasteiger partial charge in [-0.3, -0.25) is 0 Å². The van der Waals surface area contributed by atoms with Crippen molar-refractivity contribution in [3.05, 3.63) is 17.5 Å². The van der Waals surface area contributed by atoms with Crippen molar-refractivity contribution in [2.75, 3.05) is 20.7 Å². The highest BCUT2D eigenvalue weighted by atomic mass is 16.5. The topological polar surface area (TPSA) is 54.0 Å². The van der Waals surface area contributed by atoms with E-state index in [4.69, 9.17) is 4.74 Å². The first-order chi connectivity index (χ1) is 7.78. The number of hydrogen-bond donors (Lipinski definition) is 1. The maximum Gasteiger partial charge on any atom is 0.232 e. The van der Waals surface area contributed by atoms with Gasteiger partial charge in [-0.25, -0.2) is 9.97 Å². The molecular weight excluding hydrogens is 204 g/mol. The summed E-state index contributed by atoms with van der Waals surface area (Å²) in [5, 5.41) is 0. The maximum absolute atomic E-state index is 5.11. The van der Waals surface area contributed by atoms with Gasteiger partial charge in [0.2, 0.25) is 5.88 Å². The number of likely N-dealkylation sites (N-methyl/N-ethyl adjacent to an activating group) is 1. The molecule has 16 heavy (non-hydrogen) atoms. The van der Waals surface area contributed by atoms with E-state index in [1.807, 2.05) is 0 Å². The number of aromatic amines is 1. The van der Waals surface area contributed by atoms with Gasteiger partial charge in [0.25, 0.3) is 0 Å². The van der Waals surface area contributed by atoms with E-state index in [1.165, 1.54) is 11.3 Å². The number of methoxy groups -OCH3 is 1. The molecule has 0 atom stereocenters. The molecule has 84 valence electrons. The standard InChI is InChI=1S/C11H14N4O/c1-15-4-3-7-8(6-15)13-11-10(7)14-9(16-2)5-12-11/h5H,3-4,6H2,1-2H3,(H,12,13). The fourth-order valence-corrected chi connectivity index (χ4v) is 2.19. The summed E-state index contributed by atoms with van der Waals surface area (Å²) in [5.41, 5.74) is 4.35. The number of rotatable bonds is 1. The Labute approximate surface area is 93.5 Å². The van der Waals surface area contributed by atoms with Crippen molar-refractivity contribution in [2.45, 2.75) is 13.0 Å². The molecule has 0 spiro atoms. The Balaban J connectivity index is 2.18. The van der Waals surface area contributed by atoms with Crippen molar-refractivity contribution in [3.63, 3.8) is 0 Å². The third-order valence-electron chi connectivity index (χ3n) is 3.05. The third kappa shape index (κ3) is 1.36. The SMILES string of the molecule is COc1cnc2[nH]c3c(c2n1)CCN(C)C3. The van der Waals surface area contributed by atoms with Crippen LogP contribution in [0.15, 0.2) is 6.20 Å². The van der Waals surface area contributed by atoms with Gasteiger partial charge in [-0.05, 0) is 13.5 Å². The summed E-state index contributed by atoms with van der Waals surface area (Å²) in [4.78, 5) is 14.4. The fourth-order valence-electron chi connectivity index (χ4n) is 2.19. The molecule has 0 saturated heterocycles. The van der Waals surface area contributed by atoms with Gasteiger partial charge < -0.3 is 14.6 Å². The van der Waals surface area contributed by atoms with Crippen molar-refractivity contribution in [2.24, 2.45) is 0 Å². The predicted molar refractivity (Wildman–Crippen MR) is 60.5 cm³/mol. The van der Waals surface area contributed by atoms with Gasteiger partial charge in [0, 0.05) is 24.3 Å². The lowest BCUT2D eigenvalue weighted by molar-refractivity contribution is 0.310. The highest BCUT2D eigenvalue weighted by molar-refractivity contribution is 5.77. The van der Waals surface area contributed by atoms with E-state index in [0.717, 1.165) is 30.7 Å². The first-order valence-electron chi connectivity index (χ1n) is 5.37. The lowest BCUT2D eigenvalue weighted by Gasteiger charge is -2.21. The molecule has 2 aromatic rings. The van der Waals surface area contributed by atoms with Crippen LogP contribution in [0.25, 0.3) is 11.2 Å². The van der Waals surface area contributed by atoms with Crippen LogP contribution in [-0.2, 0) is 13.0 Å². The van der Waals surface area contributed by atoms with E-state index in [-0.39, 0.29) is 0 Å². The Kier molecular flexibility index (Phi) is 2.07. The van der Waals surface area contributed by atoms with E-state index >= 15 is 0 Å². The van der Waals surface area contributed by atoms with Gasteiger partial charge >= 0.3 is 0 Å². The van der Waals surface area contributed by atoms with Gasteiger partial charge in [-0.2, -0.15) is 0 Å². The smallest absolute Gasteiger partial charge is 0.232 e. The van der Waals surface area contributed by atoms with Gasteiger partial charge in [0.1, 0.15) is 5.52 Å². The molecule has 0 unspecified atom stereocenters. The van der Waals surface area contributed by atoms with Crippen molar-refractivity contribution in [1.29, 1.82) is 0 Å². The number of nitrogens with one attached hydrogen (secondary N) is 1. The Morgan fingerprint density at radius 2 is 2.38 bits per heavy atom. The molecular formula is C11H14N4O. The molecule has 0 aromatic carbocycles. The van der Waals surface area contributed by atoms with Crippen LogP contribution < -0.4 is 4.74 Å². The number of ether oxygens (including phenoxy) is 1. The Hall–Kier alpha value is -1.62. The number of hydrogen-bond acceptors (Lipinski definition) is 4. The van der Waals surface area contributed by atoms with Crippen LogP contribution >= 0.6 is 0 Å². The zero-order valence-corrected chi connectivity index (χ0v) is 9.45. The minimum absolute atomic E-state index is 0.577. The predicted octanol–water partition coefficient (Wildman–Crippen LogP) is 0.954. The quantitative estimate of drug-likeness (QED) is 0.774. The summed E-state index contributed by atoms with van der Waals surface area (Å²) < 4.78 is 5.11. The average molecular weight is 218 g/mol. The average Bonchev–Trinajstić information content (AvgIpc) is 2.65. The minimum Gasteiger partial charge on any atom is -0.480 e. The number of H-pyrrole nitrogens is 1. The van der Waals surface area contributed by atoms with E-state index in [2.05, 4.69) is 26.9 Å². The molecule has 2 aromatic heterocycles. The van der Waals surface area contributed by atoms with Crippen LogP contribution in [-0.4, -0.2) is 40.6 Å². The second kappa shape index (κ2) is 3.45. The summed E-state index contributed by atoms with van der Waals surface area (Å²) in [5.74, 6) is 0.577. The van der Waals surface area contributed by atoms with Crippen molar-refractivity contribution in [1.82, 2.24) is 19.9 Å². The molecule has 0 aliphatic carbocycles. The summed E-state index contributed by atoms with van der Waals surface area (Å²) in [6, 6.07) is 0. The molecule has 0 amide bonds. The molecule has 5 nitrogen and oxygen atoms in total. The van der Waals surface area contributed by atoms with Crippen molar-refractivity contribution >= 4 is 11.2 Å². The molecule has 3 heterocycles. The lowest BCUT2D eigenvalue weighted by Crippen LogP contribution is -2.26. The number of fused-ring (bicyclic) bond motifs is 3. The van der Waals surface area contributed by atoms with Crippen LogP contribution in [0.4, 0.5) is 0 Å². The van der Waals surface area contributed by atoms with E-state index in [1.54, 1.807) is 13.3 Å². The van der Waals surface area contributed by atoms with Gasteiger partial charge in [0.15, 0.2) is 5.65 Å². The fraction of sp³-hybridized carbons (Fsp3) is 0.455. The van der Waals surface area contributed by atoms with E-state index in [0.29, 0.717) is 5.88 Å². The van der Waals surface area contributed by atoms with Crippen LogP contribution in [0.1, 0.15) is 11.3 Å². The monoisotopic (exact) mass is 218 g/mol. The van der Waals surface area contributed by atoms with Gasteiger partial charge in [-0.1, -0.05) is 0 Å². The number of nitrogens with zero attached hydrogens (tertiary/aromatic N) is 3. The van der Waals surface area contributed by atoms with Crippen LogP contribution in [0.2, 0.25) is 0 Å². The van der Waals surface area contributed by atoms with E-state index in [9.17, 15) is 0 Å². The normalized spacial score (nSPS) is 16.4. The molecule has 1 aliphatic heterocycles. The Bertz CT molecular complexity index is 534. The third-order valence-corrected chi connectivity index (χ3v) is 3.05. The van der Waals surface area contributed by atoms with Gasteiger partial charge in [-0.15, -0.1) is 0 Å². The highest BCUT2D eigenvalue weighted by Crippen LogP contribution is 2.25. The molecule has 1 aliphatic rings. The first kappa shape index (κ1) is 9.59. The minimum atomic E-state index is 0.577. The van der Waals surface area contributed by atoms with Crippen molar-refractivity contribution in [3.8, 4) is 5.88 Å². The molecule has 1 N–H and O–H groups in total. The Morgan fingerprint density at radius 1 is 1.50 bits per heavy atom. The van der Waals surface area contributed by atoms with Gasteiger partial charge in [0.05, 0.1) is 13.3 Å². The molecule has 5 heteroatoms. The second-order valence-corrected chi connectivity index (χ2v) is 4.18. The largest absolute Gasteiger partial charge is 0.480 e. The molecule has 0 bridgehead atoms. The zero-order chi connectivity index (χ0) is 11.1. The lowest BCUT2D eigenvalue weighted by atomic mass is 10.1. The van der Waals surface area contributed by atoms with E-state index < -0.39 is 0 Å². The first-order valence-corrected chi connectivity index (χ1v) is 5.37. The number of aromatic nitrogens is 3. The molecule has 0 radical (unpaired) electrons. The van der Waals surface area contributed by atoms with Crippen LogP contribution in [0, 0.1) is 0 Å². The summed E-state index contributed by atoms with van der Waals surface area (Å²) >= 11 is 0. The Morgan fingerprint density at radius 3 is 3.19 bits per heavy atom. The van der Waals surface area contributed by atoms with Crippen LogP contribution in [0.3, 0.4) is 0 Å². The molecule has 3 rings (SSSR count). The maximum atomic E-state index is 5.11. The van der Waals surface area contributed by atoms with Crippen LogP contribution in [0.5, 0.6) is 5.88 Å². The van der Waals surface area contributed by atoms with Crippen molar-refractivity contribution < 1.29 is 4.74 Å². The molecule has 0 fully saturated rings. The summed E-state index contributed by atoms with van der Waals surface area (Å²) in [6.45, 7) is 2.01. The second-order valence-electron chi connectivity index (χ2n) is 4.18. The summed E-state index contributed by atoms with van der Waals surface area (Å²) in [7, 11) is 3.73.